The van der Waals surface area contributed by atoms with E-state index in [0.717, 1.165) is 4.90 Å². The fourth-order valence-electron chi connectivity index (χ4n) is 2.92. The Labute approximate surface area is 164 Å². The molecule has 2 aromatic rings. The van der Waals surface area contributed by atoms with Crippen molar-refractivity contribution in [3.05, 3.63) is 59.7 Å². The highest BCUT2D eigenvalue weighted by molar-refractivity contribution is 8.00. The van der Waals surface area contributed by atoms with E-state index in [1.165, 1.54) is 0 Å². The minimum atomic E-state index is -0.207. The molecule has 142 valence electrons. The number of thioether (sulfide) groups is 1. The zero-order valence-electron chi connectivity index (χ0n) is 15.6. The number of nitrogens with zero attached hydrogens (tertiary/aromatic N) is 1. The Morgan fingerprint density at radius 2 is 1.63 bits per heavy atom. The summed E-state index contributed by atoms with van der Waals surface area (Å²) in [6, 6.07) is 14.7. The van der Waals surface area contributed by atoms with Crippen LogP contribution in [0.25, 0.3) is 0 Å². The molecule has 0 spiro atoms. The van der Waals surface area contributed by atoms with Crippen molar-refractivity contribution in [1.29, 1.82) is 0 Å². The molecule has 1 aliphatic heterocycles. The maximum absolute atomic E-state index is 12.9. The van der Waals surface area contributed by atoms with Crippen LogP contribution in [0.2, 0.25) is 0 Å². The largest absolute Gasteiger partial charge is 0.378 e. The molecule has 1 N–H and O–H groups in total. The molecule has 0 bridgehead atoms. The number of amides is 2. The summed E-state index contributed by atoms with van der Waals surface area (Å²) in [4.78, 5) is 28.5. The molecular formula is C21H24N2O3S. The molecule has 1 saturated heterocycles. The second-order valence-corrected chi connectivity index (χ2v) is 8.19. The van der Waals surface area contributed by atoms with E-state index < -0.39 is 0 Å². The van der Waals surface area contributed by atoms with Crippen molar-refractivity contribution in [3.63, 3.8) is 0 Å². The Kier molecular flexibility index (Phi) is 6.53. The van der Waals surface area contributed by atoms with Gasteiger partial charge < -0.3 is 15.0 Å². The maximum Gasteiger partial charge on any atom is 0.256 e. The topological polar surface area (TPSA) is 58.6 Å². The van der Waals surface area contributed by atoms with Crippen LogP contribution in [0.15, 0.2) is 53.4 Å². The fourth-order valence-corrected chi connectivity index (χ4v) is 3.87. The van der Waals surface area contributed by atoms with Crippen molar-refractivity contribution in [3.8, 4) is 0 Å². The van der Waals surface area contributed by atoms with Gasteiger partial charge in [0.2, 0.25) is 0 Å². The summed E-state index contributed by atoms with van der Waals surface area (Å²) in [5.74, 6) is -0.292. The molecule has 0 radical (unpaired) electrons. The first-order chi connectivity index (χ1) is 13.1. The van der Waals surface area contributed by atoms with Crippen LogP contribution < -0.4 is 5.32 Å². The first-order valence-corrected chi connectivity index (χ1v) is 9.97. The molecule has 0 aromatic heterocycles. The Bertz CT molecular complexity index is 817. The first kappa shape index (κ1) is 19.5. The molecule has 0 unspecified atom stereocenters. The van der Waals surface area contributed by atoms with E-state index in [2.05, 4.69) is 19.2 Å². The number of morpholine rings is 1. The number of nitrogens with one attached hydrogen (secondary N) is 1. The lowest BCUT2D eigenvalue weighted by Gasteiger charge is -2.27. The van der Waals surface area contributed by atoms with Gasteiger partial charge in [0.25, 0.3) is 11.8 Å². The van der Waals surface area contributed by atoms with Crippen molar-refractivity contribution in [2.24, 2.45) is 0 Å². The highest BCUT2D eigenvalue weighted by Crippen LogP contribution is 2.27. The molecule has 0 aliphatic carbocycles. The molecule has 1 aliphatic rings. The number of para-hydroxylation sites is 1. The van der Waals surface area contributed by atoms with Crippen LogP contribution in [0, 0.1) is 0 Å². The summed E-state index contributed by atoms with van der Waals surface area (Å²) in [6.07, 6.45) is 0. The number of hydrogen-bond acceptors (Lipinski definition) is 4. The van der Waals surface area contributed by atoms with E-state index in [0.29, 0.717) is 48.4 Å². The van der Waals surface area contributed by atoms with Gasteiger partial charge >= 0.3 is 0 Å². The number of hydrogen-bond donors (Lipinski definition) is 1. The van der Waals surface area contributed by atoms with Gasteiger partial charge in [-0.1, -0.05) is 38.1 Å². The smallest absolute Gasteiger partial charge is 0.256 e. The third-order valence-electron chi connectivity index (χ3n) is 4.20. The Balaban J connectivity index is 1.82. The normalized spacial score (nSPS) is 14.3. The number of carbonyl (C=O) groups excluding carboxylic acids is 2. The summed E-state index contributed by atoms with van der Waals surface area (Å²) < 4.78 is 5.32. The minimum Gasteiger partial charge on any atom is -0.378 e. The average Bonchev–Trinajstić information content (AvgIpc) is 2.68. The number of ether oxygens (including phenoxy) is 1. The summed E-state index contributed by atoms with van der Waals surface area (Å²) in [6.45, 7) is 6.40. The first-order valence-electron chi connectivity index (χ1n) is 9.09. The van der Waals surface area contributed by atoms with Crippen molar-refractivity contribution in [2.75, 3.05) is 31.6 Å². The fraction of sp³-hybridized carbons (Fsp3) is 0.333. The van der Waals surface area contributed by atoms with E-state index in [4.69, 9.17) is 4.74 Å². The minimum absolute atomic E-state index is 0.0842. The zero-order chi connectivity index (χ0) is 19.2. The van der Waals surface area contributed by atoms with E-state index >= 15 is 0 Å². The molecule has 3 rings (SSSR count). The SMILES string of the molecule is CC(C)Sc1ccccc1C(=O)Nc1ccccc1C(=O)N1CCOCC1. The molecule has 6 heteroatoms. The van der Waals surface area contributed by atoms with E-state index in [1.54, 1.807) is 28.8 Å². The number of anilines is 1. The molecule has 27 heavy (non-hydrogen) atoms. The van der Waals surface area contributed by atoms with Crippen LogP contribution in [-0.4, -0.2) is 48.3 Å². The van der Waals surface area contributed by atoms with Gasteiger partial charge in [-0.05, 0) is 24.3 Å². The average molecular weight is 385 g/mol. The zero-order valence-corrected chi connectivity index (χ0v) is 16.4. The Hall–Kier alpha value is -2.31. The van der Waals surface area contributed by atoms with Gasteiger partial charge in [-0.3, -0.25) is 9.59 Å². The van der Waals surface area contributed by atoms with Gasteiger partial charge in [-0.15, -0.1) is 11.8 Å². The van der Waals surface area contributed by atoms with Gasteiger partial charge in [0.05, 0.1) is 30.0 Å². The standard InChI is InChI=1S/C21H24N2O3S/c1-15(2)27-19-10-6-4-8-17(19)20(24)22-18-9-5-3-7-16(18)21(25)23-11-13-26-14-12-23/h3-10,15H,11-14H2,1-2H3,(H,22,24). The predicted octanol–water partition coefficient (Wildman–Crippen LogP) is 3.91. The van der Waals surface area contributed by atoms with Crippen LogP contribution in [0.1, 0.15) is 34.6 Å². The highest BCUT2D eigenvalue weighted by atomic mass is 32.2. The number of carbonyl (C=O) groups is 2. The molecule has 1 fully saturated rings. The summed E-state index contributed by atoms with van der Waals surface area (Å²) in [7, 11) is 0. The van der Waals surface area contributed by atoms with Gasteiger partial charge in [0.1, 0.15) is 0 Å². The number of rotatable bonds is 5. The second kappa shape index (κ2) is 9.06. The Morgan fingerprint density at radius 3 is 2.33 bits per heavy atom. The third kappa shape index (κ3) is 4.90. The predicted molar refractivity (Wildman–Crippen MR) is 109 cm³/mol. The van der Waals surface area contributed by atoms with Crippen molar-refractivity contribution >= 4 is 29.3 Å². The summed E-state index contributed by atoms with van der Waals surface area (Å²) >= 11 is 1.65. The molecule has 5 nitrogen and oxygen atoms in total. The molecule has 2 amide bonds. The monoisotopic (exact) mass is 384 g/mol. The molecule has 0 atom stereocenters. The van der Waals surface area contributed by atoms with Crippen molar-refractivity contribution in [2.45, 2.75) is 24.0 Å². The van der Waals surface area contributed by atoms with Gasteiger partial charge in [0.15, 0.2) is 0 Å². The van der Waals surface area contributed by atoms with Gasteiger partial charge in [-0.25, -0.2) is 0 Å². The van der Waals surface area contributed by atoms with Gasteiger partial charge in [-0.2, -0.15) is 0 Å². The van der Waals surface area contributed by atoms with E-state index in [1.807, 2.05) is 36.4 Å². The summed E-state index contributed by atoms with van der Waals surface area (Å²) in [5.41, 5.74) is 1.65. The Morgan fingerprint density at radius 1 is 1.00 bits per heavy atom. The third-order valence-corrected chi connectivity index (χ3v) is 5.28. The van der Waals surface area contributed by atoms with Crippen LogP contribution >= 0.6 is 11.8 Å². The van der Waals surface area contributed by atoms with Gasteiger partial charge in [0, 0.05) is 23.2 Å². The summed E-state index contributed by atoms with van der Waals surface area (Å²) in [5, 5.41) is 3.30. The van der Waals surface area contributed by atoms with Crippen LogP contribution in [0.4, 0.5) is 5.69 Å². The quantitative estimate of drug-likeness (QED) is 0.794. The second-order valence-electron chi connectivity index (χ2n) is 6.57. The maximum atomic E-state index is 12.9. The van der Waals surface area contributed by atoms with Crippen molar-refractivity contribution in [1.82, 2.24) is 4.90 Å². The van der Waals surface area contributed by atoms with E-state index in [-0.39, 0.29) is 11.8 Å². The highest BCUT2D eigenvalue weighted by Gasteiger charge is 2.22. The molecule has 2 aromatic carbocycles. The lowest BCUT2D eigenvalue weighted by Crippen LogP contribution is -2.41. The van der Waals surface area contributed by atoms with Crippen LogP contribution in [0.5, 0.6) is 0 Å². The molecule has 1 heterocycles. The molecule has 0 saturated carbocycles. The lowest BCUT2D eigenvalue weighted by atomic mass is 10.1. The molecular weight excluding hydrogens is 360 g/mol. The number of benzene rings is 2. The van der Waals surface area contributed by atoms with E-state index in [9.17, 15) is 9.59 Å². The van der Waals surface area contributed by atoms with Crippen LogP contribution in [0.3, 0.4) is 0 Å². The van der Waals surface area contributed by atoms with Crippen LogP contribution in [-0.2, 0) is 4.74 Å². The lowest BCUT2D eigenvalue weighted by molar-refractivity contribution is 0.0303. The van der Waals surface area contributed by atoms with Crippen molar-refractivity contribution < 1.29 is 14.3 Å².